The summed E-state index contributed by atoms with van der Waals surface area (Å²) < 4.78 is 5.43. The van der Waals surface area contributed by atoms with E-state index < -0.39 is 10.9 Å². The molecule has 2 rings (SSSR count). The number of aromatic carboxylic acids is 1. The standard InChI is InChI=1S/C14H11NO5/c16-14(17)13-7-6-11(15(18)19)8-10(13)9-20-12-4-2-1-3-5-12/h1-8H,9H2,(H,16,17). The highest BCUT2D eigenvalue weighted by molar-refractivity contribution is 5.89. The molecular formula is C14H11NO5. The fourth-order valence-electron chi connectivity index (χ4n) is 1.70. The maximum absolute atomic E-state index is 11.1. The van der Waals surface area contributed by atoms with Crippen LogP contribution >= 0.6 is 0 Å². The summed E-state index contributed by atoms with van der Waals surface area (Å²) in [7, 11) is 0. The van der Waals surface area contributed by atoms with Gasteiger partial charge in [-0.05, 0) is 18.2 Å². The summed E-state index contributed by atoms with van der Waals surface area (Å²) in [5, 5.41) is 19.8. The van der Waals surface area contributed by atoms with Gasteiger partial charge < -0.3 is 9.84 Å². The maximum Gasteiger partial charge on any atom is 0.336 e. The van der Waals surface area contributed by atoms with E-state index in [1.54, 1.807) is 24.3 Å². The highest BCUT2D eigenvalue weighted by atomic mass is 16.6. The lowest BCUT2D eigenvalue weighted by Crippen LogP contribution is -2.06. The van der Waals surface area contributed by atoms with E-state index in [-0.39, 0.29) is 23.4 Å². The minimum atomic E-state index is -1.15. The third-order valence-electron chi connectivity index (χ3n) is 2.67. The van der Waals surface area contributed by atoms with Crippen LogP contribution in [0.3, 0.4) is 0 Å². The van der Waals surface area contributed by atoms with Gasteiger partial charge in [0.05, 0.1) is 10.5 Å². The summed E-state index contributed by atoms with van der Waals surface area (Å²) >= 11 is 0. The second-order valence-corrected chi connectivity index (χ2v) is 4.01. The Bertz CT molecular complexity index is 639. The van der Waals surface area contributed by atoms with E-state index in [0.29, 0.717) is 5.75 Å². The van der Waals surface area contributed by atoms with E-state index in [1.165, 1.54) is 12.1 Å². The van der Waals surface area contributed by atoms with Gasteiger partial charge in [-0.15, -0.1) is 0 Å². The van der Waals surface area contributed by atoms with E-state index in [4.69, 9.17) is 9.84 Å². The maximum atomic E-state index is 11.1. The lowest BCUT2D eigenvalue weighted by Gasteiger charge is -2.08. The van der Waals surface area contributed by atoms with E-state index >= 15 is 0 Å². The SMILES string of the molecule is O=C(O)c1ccc([N+](=O)[O-])cc1COc1ccccc1. The van der Waals surface area contributed by atoms with Crippen molar-refractivity contribution in [1.82, 2.24) is 0 Å². The van der Waals surface area contributed by atoms with Crippen molar-refractivity contribution in [1.29, 1.82) is 0 Å². The van der Waals surface area contributed by atoms with Crippen LogP contribution in [0.5, 0.6) is 5.75 Å². The molecule has 0 radical (unpaired) electrons. The lowest BCUT2D eigenvalue weighted by atomic mass is 10.1. The van der Waals surface area contributed by atoms with Crippen LogP contribution in [0.25, 0.3) is 0 Å². The number of carbonyl (C=O) groups is 1. The summed E-state index contributed by atoms with van der Waals surface area (Å²) in [4.78, 5) is 21.2. The summed E-state index contributed by atoms with van der Waals surface area (Å²) in [6.07, 6.45) is 0. The van der Waals surface area contributed by atoms with Gasteiger partial charge >= 0.3 is 5.97 Å². The molecule has 0 amide bonds. The van der Waals surface area contributed by atoms with Crippen molar-refractivity contribution < 1.29 is 19.6 Å². The molecule has 6 nitrogen and oxygen atoms in total. The van der Waals surface area contributed by atoms with E-state index in [1.807, 2.05) is 6.07 Å². The monoisotopic (exact) mass is 273 g/mol. The van der Waals surface area contributed by atoms with Crippen molar-refractivity contribution >= 4 is 11.7 Å². The molecule has 0 atom stereocenters. The van der Waals surface area contributed by atoms with Gasteiger partial charge in [-0.2, -0.15) is 0 Å². The Kier molecular flexibility index (Phi) is 3.95. The van der Waals surface area contributed by atoms with Crippen molar-refractivity contribution in [2.45, 2.75) is 6.61 Å². The number of non-ortho nitro benzene ring substituents is 1. The molecule has 0 aliphatic heterocycles. The number of benzene rings is 2. The summed E-state index contributed by atoms with van der Waals surface area (Å²) in [5.41, 5.74) is 0.0868. The summed E-state index contributed by atoms with van der Waals surface area (Å²) in [5.74, 6) is -0.582. The van der Waals surface area contributed by atoms with Gasteiger partial charge in [0.2, 0.25) is 0 Å². The fraction of sp³-hybridized carbons (Fsp3) is 0.0714. The molecule has 0 heterocycles. The van der Waals surface area contributed by atoms with E-state index in [2.05, 4.69) is 0 Å². The predicted molar refractivity (Wildman–Crippen MR) is 70.8 cm³/mol. The predicted octanol–water partition coefficient (Wildman–Crippen LogP) is 2.87. The van der Waals surface area contributed by atoms with Gasteiger partial charge in [-0.1, -0.05) is 18.2 Å². The normalized spacial score (nSPS) is 10.0. The third kappa shape index (κ3) is 3.11. The highest BCUT2D eigenvalue weighted by Crippen LogP contribution is 2.20. The first-order valence-corrected chi connectivity index (χ1v) is 5.76. The number of nitro benzene ring substituents is 1. The third-order valence-corrected chi connectivity index (χ3v) is 2.67. The number of carboxylic acid groups (broad SMARTS) is 1. The number of hydrogen-bond acceptors (Lipinski definition) is 4. The first-order chi connectivity index (χ1) is 9.58. The molecule has 0 fully saturated rings. The minimum absolute atomic E-state index is 0.00784. The zero-order chi connectivity index (χ0) is 14.5. The molecule has 2 aromatic carbocycles. The van der Waals surface area contributed by atoms with Crippen molar-refractivity contribution in [3.8, 4) is 5.75 Å². The average molecular weight is 273 g/mol. The number of rotatable bonds is 5. The van der Waals surface area contributed by atoms with Crippen molar-refractivity contribution in [3.05, 3.63) is 69.8 Å². The smallest absolute Gasteiger partial charge is 0.336 e. The molecule has 0 aromatic heterocycles. The minimum Gasteiger partial charge on any atom is -0.489 e. The molecule has 2 aromatic rings. The van der Waals surface area contributed by atoms with E-state index in [9.17, 15) is 14.9 Å². The molecule has 0 aliphatic rings. The number of ether oxygens (including phenoxy) is 1. The number of nitrogens with zero attached hydrogens (tertiary/aromatic N) is 1. The number of hydrogen-bond donors (Lipinski definition) is 1. The molecule has 0 bridgehead atoms. The van der Waals surface area contributed by atoms with Gasteiger partial charge in [0.25, 0.3) is 5.69 Å². The zero-order valence-electron chi connectivity index (χ0n) is 10.4. The molecule has 6 heteroatoms. The van der Waals surface area contributed by atoms with Crippen LogP contribution in [0.2, 0.25) is 0 Å². The Labute approximate surface area is 114 Å². The van der Waals surface area contributed by atoms with Gasteiger partial charge in [0.15, 0.2) is 0 Å². The van der Waals surface area contributed by atoms with Crippen LogP contribution in [0.4, 0.5) is 5.69 Å². The van der Waals surface area contributed by atoms with Crippen molar-refractivity contribution in [2.75, 3.05) is 0 Å². The van der Waals surface area contributed by atoms with Crippen molar-refractivity contribution in [2.24, 2.45) is 0 Å². The zero-order valence-corrected chi connectivity index (χ0v) is 10.4. The number of nitro groups is 1. The Balaban J connectivity index is 2.26. The number of para-hydroxylation sites is 1. The first-order valence-electron chi connectivity index (χ1n) is 5.76. The second-order valence-electron chi connectivity index (χ2n) is 4.01. The topological polar surface area (TPSA) is 89.7 Å². The van der Waals surface area contributed by atoms with Crippen LogP contribution in [0.15, 0.2) is 48.5 Å². The molecule has 1 N–H and O–H groups in total. The van der Waals surface area contributed by atoms with Crippen LogP contribution in [-0.2, 0) is 6.61 Å². The Morgan fingerprint density at radius 3 is 2.50 bits per heavy atom. The van der Waals surface area contributed by atoms with Gasteiger partial charge in [-0.25, -0.2) is 4.79 Å². The molecule has 20 heavy (non-hydrogen) atoms. The largest absolute Gasteiger partial charge is 0.489 e. The second kappa shape index (κ2) is 5.83. The van der Waals surface area contributed by atoms with Crippen LogP contribution in [-0.4, -0.2) is 16.0 Å². The van der Waals surface area contributed by atoms with Gasteiger partial charge in [0, 0.05) is 17.7 Å². The van der Waals surface area contributed by atoms with Crippen LogP contribution in [0, 0.1) is 10.1 Å². The Morgan fingerprint density at radius 2 is 1.90 bits per heavy atom. The Morgan fingerprint density at radius 1 is 1.20 bits per heavy atom. The molecule has 0 saturated carbocycles. The molecule has 0 spiro atoms. The highest BCUT2D eigenvalue weighted by Gasteiger charge is 2.15. The van der Waals surface area contributed by atoms with Gasteiger partial charge in [-0.3, -0.25) is 10.1 Å². The molecular weight excluding hydrogens is 262 g/mol. The fourth-order valence-corrected chi connectivity index (χ4v) is 1.70. The quantitative estimate of drug-likeness (QED) is 0.668. The lowest BCUT2D eigenvalue weighted by molar-refractivity contribution is -0.384. The molecule has 102 valence electrons. The Hall–Kier alpha value is -2.89. The van der Waals surface area contributed by atoms with Crippen LogP contribution in [0.1, 0.15) is 15.9 Å². The molecule has 0 unspecified atom stereocenters. The first kappa shape index (κ1) is 13.5. The van der Waals surface area contributed by atoms with Gasteiger partial charge in [0.1, 0.15) is 12.4 Å². The van der Waals surface area contributed by atoms with Crippen LogP contribution < -0.4 is 4.74 Å². The molecule has 0 saturated heterocycles. The van der Waals surface area contributed by atoms with Crippen molar-refractivity contribution in [3.63, 3.8) is 0 Å². The van der Waals surface area contributed by atoms with E-state index in [0.717, 1.165) is 6.07 Å². The average Bonchev–Trinajstić information content (AvgIpc) is 2.45. The molecule has 0 aliphatic carbocycles. The summed E-state index contributed by atoms with van der Waals surface area (Å²) in [6.45, 7) is -0.0483. The number of carboxylic acids is 1. The summed E-state index contributed by atoms with van der Waals surface area (Å²) in [6, 6.07) is 12.4.